The summed E-state index contributed by atoms with van der Waals surface area (Å²) in [5, 5.41) is 3.41. The van der Waals surface area contributed by atoms with E-state index in [2.05, 4.69) is 19.2 Å². The van der Waals surface area contributed by atoms with E-state index in [0.29, 0.717) is 6.54 Å². The van der Waals surface area contributed by atoms with Crippen molar-refractivity contribution >= 4 is 5.69 Å². The summed E-state index contributed by atoms with van der Waals surface area (Å²) < 4.78 is 10.6. The Morgan fingerprint density at radius 2 is 1.89 bits per heavy atom. The first-order valence-electron chi connectivity index (χ1n) is 6.10. The van der Waals surface area contributed by atoms with Gasteiger partial charge in [0, 0.05) is 12.6 Å². The van der Waals surface area contributed by atoms with E-state index in [-0.39, 0.29) is 5.41 Å². The van der Waals surface area contributed by atoms with Gasteiger partial charge < -0.3 is 20.5 Å². The molecule has 0 heterocycles. The number of benzene rings is 1. The van der Waals surface area contributed by atoms with Crippen LogP contribution < -0.4 is 20.5 Å². The minimum absolute atomic E-state index is 0.0530. The van der Waals surface area contributed by atoms with Crippen LogP contribution >= 0.6 is 0 Å². The second-order valence-electron chi connectivity index (χ2n) is 5.24. The van der Waals surface area contributed by atoms with Gasteiger partial charge in [-0.3, -0.25) is 0 Å². The fraction of sp³-hybridized carbons (Fsp3) is 0.571. The molecule has 0 aliphatic rings. The van der Waals surface area contributed by atoms with Crippen molar-refractivity contribution < 1.29 is 9.47 Å². The Morgan fingerprint density at radius 1 is 1.22 bits per heavy atom. The van der Waals surface area contributed by atoms with Gasteiger partial charge in [-0.25, -0.2) is 0 Å². The summed E-state index contributed by atoms with van der Waals surface area (Å²) >= 11 is 0. The fourth-order valence-electron chi connectivity index (χ4n) is 1.63. The Morgan fingerprint density at radius 3 is 2.39 bits per heavy atom. The van der Waals surface area contributed by atoms with E-state index in [4.69, 9.17) is 15.2 Å². The molecule has 0 atom stereocenters. The number of methoxy groups -OCH3 is 2. The van der Waals surface area contributed by atoms with Gasteiger partial charge in [0.25, 0.3) is 0 Å². The van der Waals surface area contributed by atoms with Crippen LogP contribution in [-0.2, 0) is 0 Å². The van der Waals surface area contributed by atoms with Gasteiger partial charge in [0.2, 0.25) is 0 Å². The van der Waals surface area contributed by atoms with Crippen molar-refractivity contribution in [3.63, 3.8) is 0 Å². The van der Waals surface area contributed by atoms with Gasteiger partial charge in [-0.1, -0.05) is 13.8 Å². The SMILES string of the molecule is COc1cc(C)c(NCC(C)(C)CN)c(OC)c1. The predicted octanol–water partition coefficient (Wildman–Crippen LogP) is 2.41. The number of rotatable bonds is 6. The van der Waals surface area contributed by atoms with Crippen LogP contribution in [0.1, 0.15) is 19.4 Å². The van der Waals surface area contributed by atoms with Gasteiger partial charge in [0.05, 0.1) is 19.9 Å². The maximum atomic E-state index is 5.73. The third-order valence-electron chi connectivity index (χ3n) is 3.02. The first-order chi connectivity index (χ1) is 8.43. The second kappa shape index (κ2) is 5.96. The average Bonchev–Trinajstić information content (AvgIpc) is 2.36. The molecule has 0 saturated heterocycles. The smallest absolute Gasteiger partial charge is 0.145 e. The summed E-state index contributed by atoms with van der Waals surface area (Å²) in [6.45, 7) is 7.73. The van der Waals surface area contributed by atoms with E-state index in [1.54, 1.807) is 14.2 Å². The van der Waals surface area contributed by atoms with Crippen LogP contribution in [0.5, 0.6) is 11.5 Å². The maximum Gasteiger partial charge on any atom is 0.145 e. The highest BCUT2D eigenvalue weighted by Crippen LogP contribution is 2.33. The first-order valence-corrected chi connectivity index (χ1v) is 6.10. The van der Waals surface area contributed by atoms with Gasteiger partial charge in [0.1, 0.15) is 11.5 Å². The second-order valence-corrected chi connectivity index (χ2v) is 5.24. The Balaban J connectivity index is 2.94. The lowest BCUT2D eigenvalue weighted by Crippen LogP contribution is -2.31. The summed E-state index contributed by atoms with van der Waals surface area (Å²) in [6.07, 6.45) is 0. The van der Waals surface area contributed by atoms with Crippen molar-refractivity contribution in [1.82, 2.24) is 0 Å². The van der Waals surface area contributed by atoms with Crippen molar-refractivity contribution in [2.45, 2.75) is 20.8 Å². The molecular formula is C14H24N2O2. The normalized spacial score (nSPS) is 11.2. The summed E-state index contributed by atoms with van der Waals surface area (Å²) in [7, 11) is 3.31. The highest BCUT2D eigenvalue weighted by atomic mass is 16.5. The molecule has 0 fully saturated rings. The molecule has 0 radical (unpaired) electrons. The molecule has 1 aromatic carbocycles. The minimum Gasteiger partial charge on any atom is -0.497 e. The molecule has 0 aromatic heterocycles. The van der Waals surface area contributed by atoms with Crippen LogP contribution in [0.25, 0.3) is 0 Å². The molecule has 102 valence electrons. The Hall–Kier alpha value is -1.42. The molecule has 4 heteroatoms. The van der Waals surface area contributed by atoms with Crippen LogP contribution in [-0.4, -0.2) is 27.3 Å². The average molecular weight is 252 g/mol. The van der Waals surface area contributed by atoms with E-state index in [1.807, 2.05) is 19.1 Å². The topological polar surface area (TPSA) is 56.5 Å². The lowest BCUT2D eigenvalue weighted by Gasteiger charge is -2.25. The molecule has 0 aliphatic heterocycles. The van der Waals surface area contributed by atoms with E-state index in [0.717, 1.165) is 29.3 Å². The van der Waals surface area contributed by atoms with Crippen molar-refractivity contribution in [3.05, 3.63) is 17.7 Å². The monoisotopic (exact) mass is 252 g/mol. The van der Waals surface area contributed by atoms with Crippen molar-refractivity contribution in [2.24, 2.45) is 11.1 Å². The summed E-state index contributed by atoms with van der Waals surface area (Å²) in [4.78, 5) is 0. The van der Waals surface area contributed by atoms with E-state index in [1.165, 1.54) is 0 Å². The zero-order valence-electron chi connectivity index (χ0n) is 12.0. The Bertz CT molecular complexity index is 403. The zero-order valence-corrected chi connectivity index (χ0v) is 12.0. The van der Waals surface area contributed by atoms with E-state index in [9.17, 15) is 0 Å². The molecule has 0 saturated carbocycles. The minimum atomic E-state index is 0.0530. The predicted molar refractivity (Wildman–Crippen MR) is 75.6 cm³/mol. The quantitative estimate of drug-likeness (QED) is 0.816. The molecular weight excluding hydrogens is 228 g/mol. The zero-order chi connectivity index (χ0) is 13.8. The van der Waals surface area contributed by atoms with Crippen LogP contribution in [0.15, 0.2) is 12.1 Å². The molecule has 1 rings (SSSR count). The molecule has 0 spiro atoms. The van der Waals surface area contributed by atoms with Crippen LogP contribution in [0.2, 0.25) is 0 Å². The fourth-order valence-corrected chi connectivity index (χ4v) is 1.63. The number of ether oxygens (including phenoxy) is 2. The molecule has 1 aromatic rings. The number of hydrogen-bond donors (Lipinski definition) is 2. The number of aryl methyl sites for hydroxylation is 1. The van der Waals surface area contributed by atoms with E-state index >= 15 is 0 Å². The third kappa shape index (κ3) is 3.53. The lowest BCUT2D eigenvalue weighted by molar-refractivity contribution is 0.390. The van der Waals surface area contributed by atoms with E-state index < -0.39 is 0 Å². The molecule has 0 unspecified atom stereocenters. The van der Waals surface area contributed by atoms with Gasteiger partial charge in [-0.15, -0.1) is 0 Å². The lowest BCUT2D eigenvalue weighted by atomic mass is 9.93. The van der Waals surface area contributed by atoms with Crippen LogP contribution in [0.4, 0.5) is 5.69 Å². The third-order valence-corrected chi connectivity index (χ3v) is 3.02. The highest BCUT2D eigenvalue weighted by Gasteiger charge is 2.17. The maximum absolute atomic E-state index is 5.73. The first kappa shape index (κ1) is 14.6. The van der Waals surface area contributed by atoms with Gasteiger partial charge in [0.15, 0.2) is 0 Å². The molecule has 18 heavy (non-hydrogen) atoms. The Labute approximate surface area is 109 Å². The number of anilines is 1. The van der Waals surface area contributed by atoms with Crippen molar-refractivity contribution in [2.75, 3.05) is 32.6 Å². The molecule has 3 N–H and O–H groups in total. The van der Waals surface area contributed by atoms with Gasteiger partial charge >= 0.3 is 0 Å². The summed E-state index contributed by atoms with van der Waals surface area (Å²) in [5.41, 5.74) is 7.88. The molecule has 0 aliphatic carbocycles. The van der Waals surface area contributed by atoms with Crippen molar-refractivity contribution in [3.8, 4) is 11.5 Å². The summed E-state index contributed by atoms with van der Waals surface area (Å²) in [6, 6.07) is 3.87. The van der Waals surface area contributed by atoms with Crippen LogP contribution in [0.3, 0.4) is 0 Å². The van der Waals surface area contributed by atoms with Gasteiger partial charge in [-0.2, -0.15) is 0 Å². The van der Waals surface area contributed by atoms with Crippen molar-refractivity contribution in [1.29, 1.82) is 0 Å². The number of nitrogens with two attached hydrogens (primary N) is 1. The van der Waals surface area contributed by atoms with Gasteiger partial charge in [-0.05, 0) is 30.5 Å². The largest absolute Gasteiger partial charge is 0.497 e. The molecule has 4 nitrogen and oxygen atoms in total. The number of hydrogen-bond acceptors (Lipinski definition) is 4. The highest BCUT2D eigenvalue weighted by molar-refractivity contribution is 5.64. The van der Waals surface area contributed by atoms with Crippen LogP contribution in [0, 0.1) is 12.3 Å². The summed E-state index contributed by atoms with van der Waals surface area (Å²) in [5.74, 6) is 1.59. The molecule has 0 bridgehead atoms. The number of nitrogens with one attached hydrogen (secondary N) is 1. The standard InChI is InChI=1S/C14H24N2O2/c1-10-6-11(17-4)7-12(18-5)13(10)16-9-14(2,3)8-15/h6-7,16H,8-9,15H2,1-5H3. The molecule has 0 amide bonds. The Kier molecular flexibility index (Phi) is 4.84.